The average Bonchev–Trinajstić information content (AvgIpc) is 2.26. The first-order valence-corrected chi connectivity index (χ1v) is 4.81. The molecule has 92 valence electrons. The van der Waals surface area contributed by atoms with E-state index in [2.05, 4.69) is 5.32 Å². The minimum absolute atomic E-state index is 0.0623. The Balaban J connectivity index is 2.82. The minimum Gasteiger partial charge on any atom is -0.480 e. The summed E-state index contributed by atoms with van der Waals surface area (Å²) in [7, 11) is 0. The summed E-state index contributed by atoms with van der Waals surface area (Å²) in [5, 5.41) is 21.6. The third-order valence-corrected chi connectivity index (χ3v) is 2.22. The number of hydrogen-bond acceptors (Lipinski definition) is 4. The van der Waals surface area contributed by atoms with Crippen LogP contribution in [0, 0.1) is 15.9 Å². The van der Waals surface area contributed by atoms with Crippen LogP contribution in [0.25, 0.3) is 0 Å². The molecule has 0 aliphatic rings. The normalized spacial score (nSPS) is 12.1. The van der Waals surface area contributed by atoms with Gasteiger partial charge in [0.2, 0.25) is 5.82 Å². The molecule has 1 aromatic carbocycles. The smallest absolute Gasteiger partial charge is 0.320 e. The van der Waals surface area contributed by atoms with Gasteiger partial charge in [0, 0.05) is 18.2 Å². The topological polar surface area (TPSA) is 92.5 Å². The number of hydrogen-bond donors (Lipinski definition) is 2. The largest absolute Gasteiger partial charge is 0.480 e. The Labute approximate surface area is 96.2 Å². The van der Waals surface area contributed by atoms with E-state index in [4.69, 9.17) is 5.11 Å². The molecule has 17 heavy (non-hydrogen) atoms. The van der Waals surface area contributed by atoms with E-state index in [-0.39, 0.29) is 12.1 Å². The van der Waals surface area contributed by atoms with Crippen LogP contribution in [0.2, 0.25) is 0 Å². The number of aliphatic carboxylic acids is 1. The first kappa shape index (κ1) is 13.0. The predicted molar refractivity (Wildman–Crippen MR) is 57.0 cm³/mol. The highest BCUT2D eigenvalue weighted by atomic mass is 19.1. The van der Waals surface area contributed by atoms with Crippen molar-refractivity contribution in [2.24, 2.45) is 0 Å². The second kappa shape index (κ2) is 5.35. The Morgan fingerprint density at radius 3 is 2.82 bits per heavy atom. The summed E-state index contributed by atoms with van der Waals surface area (Å²) < 4.78 is 13.5. The molecule has 0 spiro atoms. The first-order valence-electron chi connectivity index (χ1n) is 4.81. The average molecular weight is 242 g/mol. The fourth-order valence-electron chi connectivity index (χ4n) is 1.19. The number of carboxylic acids is 1. The SMILES string of the molecule is CC(NCc1cccc([N+](=O)[O-])c1F)C(=O)O. The molecule has 7 heteroatoms. The fraction of sp³-hybridized carbons (Fsp3) is 0.300. The highest BCUT2D eigenvalue weighted by Gasteiger charge is 2.18. The summed E-state index contributed by atoms with van der Waals surface area (Å²) in [6.07, 6.45) is 0. The molecule has 0 saturated heterocycles. The molecular weight excluding hydrogens is 231 g/mol. The van der Waals surface area contributed by atoms with Crippen molar-refractivity contribution in [2.45, 2.75) is 19.5 Å². The molecule has 1 aromatic rings. The zero-order valence-electron chi connectivity index (χ0n) is 9.01. The summed E-state index contributed by atoms with van der Waals surface area (Å²) in [5.41, 5.74) is -0.556. The molecule has 0 aromatic heterocycles. The molecule has 0 aliphatic carbocycles. The van der Waals surface area contributed by atoms with Crippen LogP contribution in [-0.2, 0) is 11.3 Å². The van der Waals surface area contributed by atoms with E-state index in [1.807, 2.05) is 0 Å². The summed E-state index contributed by atoms with van der Waals surface area (Å²) >= 11 is 0. The van der Waals surface area contributed by atoms with Crippen LogP contribution >= 0.6 is 0 Å². The molecule has 0 amide bonds. The van der Waals surface area contributed by atoms with Gasteiger partial charge in [0.05, 0.1) is 4.92 Å². The van der Waals surface area contributed by atoms with E-state index in [1.54, 1.807) is 0 Å². The van der Waals surface area contributed by atoms with Gasteiger partial charge < -0.3 is 10.4 Å². The summed E-state index contributed by atoms with van der Waals surface area (Å²) in [6.45, 7) is 1.32. The Bertz CT molecular complexity index is 450. The van der Waals surface area contributed by atoms with Gasteiger partial charge in [-0.3, -0.25) is 14.9 Å². The van der Waals surface area contributed by atoms with Crippen LogP contribution in [-0.4, -0.2) is 22.0 Å². The Morgan fingerprint density at radius 2 is 2.29 bits per heavy atom. The lowest BCUT2D eigenvalue weighted by Gasteiger charge is -2.09. The Morgan fingerprint density at radius 1 is 1.65 bits per heavy atom. The van der Waals surface area contributed by atoms with Gasteiger partial charge in [-0.2, -0.15) is 4.39 Å². The van der Waals surface area contributed by atoms with Gasteiger partial charge in [0.25, 0.3) is 0 Å². The van der Waals surface area contributed by atoms with Gasteiger partial charge in [-0.05, 0) is 6.92 Å². The molecule has 1 unspecified atom stereocenters. The second-order valence-electron chi connectivity index (χ2n) is 3.45. The van der Waals surface area contributed by atoms with Gasteiger partial charge in [-0.1, -0.05) is 12.1 Å². The maximum absolute atomic E-state index is 13.5. The molecule has 0 fully saturated rings. The van der Waals surface area contributed by atoms with E-state index in [0.29, 0.717) is 0 Å². The van der Waals surface area contributed by atoms with E-state index in [9.17, 15) is 19.3 Å². The van der Waals surface area contributed by atoms with Crippen LogP contribution in [0.15, 0.2) is 18.2 Å². The molecule has 2 N–H and O–H groups in total. The lowest BCUT2D eigenvalue weighted by molar-refractivity contribution is -0.387. The van der Waals surface area contributed by atoms with Crippen molar-refractivity contribution in [3.8, 4) is 0 Å². The third-order valence-electron chi connectivity index (χ3n) is 2.22. The fourth-order valence-corrected chi connectivity index (χ4v) is 1.19. The molecule has 0 radical (unpaired) electrons. The maximum atomic E-state index is 13.5. The number of rotatable bonds is 5. The summed E-state index contributed by atoms with van der Waals surface area (Å²) in [6, 6.07) is 2.92. The number of nitrogens with one attached hydrogen (secondary N) is 1. The monoisotopic (exact) mass is 242 g/mol. The number of nitro groups is 1. The number of nitrogens with zero attached hydrogens (tertiary/aromatic N) is 1. The molecule has 0 aliphatic heterocycles. The van der Waals surface area contributed by atoms with Crippen LogP contribution in [0.4, 0.5) is 10.1 Å². The minimum atomic E-state index is -1.07. The van der Waals surface area contributed by atoms with E-state index in [0.717, 1.165) is 6.07 Å². The molecular formula is C10H11FN2O4. The quantitative estimate of drug-likeness (QED) is 0.599. The standard InChI is InChI=1S/C10H11FN2O4/c1-6(10(14)15)12-5-7-3-2-4-8(9(7)11)13(16)17/h2-4,6,12H,5H2,1H3,(H,14,15). The Kier molecular flexibility index (Phi) is 4.11. The van der Waals surface area contributed by atoms with E-state index < -0.39 is 28.4 Å². The van der Waals surface area contributed by atoms with Crippen molar-refractivity contribution in [2.75, 3.05) is 0 Å². The number of carboxylic acid groups (broad SMARTS) is 1. The van der Waals surface area contributed by atoms with Crippen molar-refractivity contribution >= 4 is 11.7 Å². The van der Waals surface area contributed by atoms with Gasteiger partial charge in [-0.25, -0.2) is 0 Å². The summed E-state index contributed by atoms with van der Waals surface area (Å²) in [4.78, 5) is 20.2. The van der Waals surface area contributed by atoms with Gasteiger partial charge in [0.1, 0.15) is 6.04 Å². The van der Waals surface area contributed by atoms with Crippen LogP contribution in [0.1, 0.15) is 12.5 Å². The molecule has 1 atom stereocenters. The second-order valence-corrected chi connectivity index (χ2v) is 3.45. The van der Waals surface area contributed by atoms with Crippen molar-refractivity contribution in [3.63, 3.8) is 0 Å². The number of nitro benzene ring substituents is 1. The van der Waals surface area contributed by atoms with E-state index >= 15 is 0 Å². The van der Waals surface area contributed by atoms with Gasteiger partial charge in [0.15, 0.2) is 0 Å². The number of benzene rings is 1. The zero-order chi connectivity index (χ0) is 13.0. The first-order chi connectivity index (χ1) is 7.93. The van der Waals surface area contributed by atoms with Crippen molar-refractivity contribution in [1.82, 2.24) is 5.32 Å². The van der Waals surface area contributed by atoms with Crippen LogP contribution in [0.3, 0.4) is 0 Å². The molecule has 0 saturated carbocycles. The lowest BCUT2D eigenvalue weighted by atomic mass is 10.1. The highest BCUT2D eigenvalue weighted by Crippen LogP contribution is 2.19. The maximum Gasteiger partial charge on any atom is 0.320 e. The van der Waals surface area contributed by atoms with E-state index in [1.165, 1.54) is 19.1 Å². The van der Waals surface area contributed by atoms with Crippen molar-refractivity contribution in [1.29, 1.82) is 0 Å². The predicted octanol–water partition coefficient (Wildman–Crippen LogP) is 1.30. The van der Waals surface area contributed by atoms with Crippen molar-refractivity contribution < 1.29 is 19.2 Å². The lowest BCUT2D eigenvalue weighted by Crippen LogP contribution is -2.33. The molecule has 6 nitrogen and oxygen atoms in total. The van der Waals surface area contributed by atoms with Crippen LogP contribution < -0.4 is 5.32 Å². The van der Waals surface area contributed by atoms with Gasteiger partial charge >= 0.3 is 11.7 Å². The summed E-state index contributed by atoms with van der Waals surface area (Å²) in [5.74, 6) is -2.02. The zero-order valence-corrected chi connectivity index (χ0v) is 9.01. The van der Waals surface area contributed by atoms with Gasteiger partial charge in [-0.15, -0.1) is 0 Å². The Hall–Kier alpha value is -2.02. The third kappa shape index (κ3) is 3.22. The molecule has 0 bridgehead atoms. The van der Waals surface area contributed by atoms with Crippen molar-refractivity contribution in [3.05, 3.63) is 39.7 Å². The van der Waals surface area contributed by atoms with Crippen LogP contribution in [0.5, 0.6) is 0 Å². The molecule has 1 rings (SSSR count). The molecule has 0 heterocycles. The highest BCUT2D eigenvalue weighted by molar-refractivity contribution is 5.72. The number of halogens is 1. The number of carbonyl (C=O) groups is 1.